The second-order valence-corrected chi connectivity index (χ2v) is 7.57. The fraction of sp³-hybridized carbons (Fsp3) is 0.278. The molecule has 0 heterocycles. The van der Waals surface area contributed by atoms with E-state index in [1.54, 1.807) is 30.3 Å². The minimum atomic E-state index is -4.06. The second kappa shape index (κ2) is 6.96. The molecule has 0 aliphatic rings. The number of benzene rings is 2. The van der Waals surface area contributed by atoms with Gasteiger partial charge in [-0.05, 0) is 35.6 Å². The zero-order valence-electron chi connectivity index (χ0n) is 13.1. The Balaban J connectivity index is 2.45. The first-order valence-electron chi connectivity index (χ1n) is 7.47. The highest BCUT2D eigenvalue weighted by Gasteiger charge is 2.30. The predicted octanol–water partition coefficient (Wildman–Crippen LogP) is 2.47. The molecule has 0 bridgehead atoms. The Labute approximate surface area is 136 Å². The van der Waals surface area contributed by atoms with Crippen LogP contribution in [0.25, 0.3) is 0 Å². The lowest BCUT2D eigenvalue weighted by Crippen LogP contribution is -2.34. The summed E-state index contributed by atoms with van der Waals surface area (Å²) in [5.41, 5.74) is 1.22. The van der Waals surface area contributed by atoms with Crippen LogP contribution in [0, 0.1) is 0 Å². The molecule has 2 aromatic carbocycles. The van der Waals surface area contributed by atoms with Gasteiger partial charge in [-0.3, -0.25) is 0 Å². The molecule has 0 aliphatic heterocycles. The van der Waals surface area contributed by atoms with E-state index >= 15 is 0 Å². The van der Waals surface area contributed by atoms with Crippen molar-refractivity contribution in [3.8, 4) is 0 Å². The van der Waals surface area contributed by atoms with Gasteiger partial charge in [0, 0.05) is 0 Å². The Bertz CT molecular complexity index is 764. The van der Waals surface area contributed by atoms with Crippen LogP contribution in [0.5, 0.6) is 0 Å². The summed E-state index contributed by atoms with van der Waals surface area (Å²) in [5, 5.41) is 9.74. The molecule has 2 atom stereocenters. The summed E-state index contributed by atoms with van der Waals surface area (Å²) in [4.78, 5) is 11.4. The molecule has 0 aromatic heterocycles. The monoisotopic (exact) mass is 331 g/mol. The topological polar surface area (TPSA) is 74.3 Å². The lowest BCUT2D eigenvalue weighted by molar-refractivity contribution is -0.305. The lowest BCUT2D eigenvalue weighted by Gasteiger charge is -2.19. The Morgan fingerprint density at radius 1 is 1.00 bits per heavy atom. The highest BCUT2D eigenvalue weighted by molar-refractivity contribution is 7.92. The molecular weight excluding hydrogens is 312 g/mol. The summed E-state index contributed by atoms with van der Waals surface area (Å²) < 4.78 is 25.4. The van der Waals surface area contributed by atoms with Crippen LogP contribution in [0.15, 0.2) is 59.5 Å². The van der Waals surface area contributed by atoms with Crippen LogP contribution in [0.3, 0.4) is 0 Å². The second-order valence-electron chi connectivity index (χ2n) is 5.53. The van der Waals surface area contributed by atoms with Gasteiger partial charge in [0.15, 0.2) is 9.84 Å². The normalized spacial score (nSPS) is 14.2. The third kappa shape index (κ3) is 3.62. The summed E-state index contributed by atoms with van der Waals surface area (Å²) in [5.74, 6) is -1.31. The Morgan fingerprint density at radius 3 is 2.04 bits per heavy atom. The van der Waals surface area contributed by atoms with Crippen molar-refractivity contribution < 1.29 is 18.3 Å². The highest BCUT2D eigenvalue weighted by atomic mass is 32.2. The molecule has 0 radical (unpaired) electrons. The number of carbonyl (C=O) groups is 1. The number of carboxylic acids is 1. The average Bonchev–Trinajstić information content (AvgIpc) is 2.54. The number of carboxylic acid groups (broad SMARTS) is 1. The highest BCUT2D eigenvalue weighted by Crippen LogP contribution is 2.29. The first-order chi connectivity index (χ1) is 10.9. The maximum Gasteiger partial charge on any atom is 0.190 e. The average molecular weight is 331 g/mol. The van der Waals surface area contributed by atoms with Gasteiger partial charge in [-0.1, -0.05) is 56.3 Å². The van der Waals surface area contributed by atoms with E-state index in [0.717, 1.165) is 12.0 Å². The predicted molar refractivity (Wildman–Crippen MR) is 86.5 cm³/mol. The Kier molecular flexibility index (Phi) is 5.21. The molecule has 2 unspecified atom stereocenters. The standard InChI is InChI=1S/C18H20O4S/c1-3-13(2)14-9-11-16(12-10-14)23(21,22)17(18(19)20)15-7-5-4-6-8-15/h4-13,17H,3H2,1-2H3,(H,19,20)/p-1. The lowest BCUT2D eigenvalue weighted by atomic mass is 9.99. The summed E-state index contributed by atoms with van der Waals surface area (Å²) in [6.07, 6.45) is 0.942. The summed E-state index contributed by atoms with van der Waals surface area (Å²) in [6, 6.07) is 14.3. The Morgan fingerprint density at radius 2 is 1.57 bits per heavy atom. The van der Waals surface area contributed by atoms with E-state index < -0.39 is 21.1 Å². The van der Waals surface area contributed by atoms with Crippen LogP contribution in [0.1, 0.15) is 42.6 Å². The first kappa shape index (κ1) is 17.2. The molecule has 23 heavy (non-hydrogen) atoms. The largest absolute Gasteiger partial charge is 0.548 e. The van der Waals surface area contributed by atoms with E-state index in [0.29, 0.717) is 5.92 Å². The Hall–Kier alpha value is -2.14. The summed E-state index contributed by atoms with van der Waals surface area (Å²) >= 11 is 0. The van der Waals surface area contributed by atoms with Crippen LogP contribution in [-0.4, -0.2) is 14.4 Å². The van der Waals surface area contributed by atoms with Crippen molar-refractivity contribution in [3.05, 3.63) is 65.7 Å². The molecule has 0 saturated heterocycles. The van der Waals surface area contributed by atoms with E-state index in [1.165, 1.54) is 24.3 Å². The van der Waals surface area contributed by atoms with Crippen LogP contribution in [-0.2, 0) is 14.6 Å². The van der Waals surface area contributed by atoms with Gasteiger partial charge in [0.1, 0.15) is 5.25 Å². The van der Waals surface area contributed by atoms with Gasteiger partial charge < -0.3 is 9.90 Å². The van der Waals surface area contributed by atoms with Crippen molar-refractivity contribution in [1.29, 1.82) is 0 Å². The minimum Gasteiger partial charge on any atom is -0.548 e. The van der Waals surface area contributed by atoms with E-state index in [1.807, 2.05) is 0 Å². The smallest absolute Gasteiger partial charge is 0.190 e. The van der Waals surface area contributed by atoms with Crippen molar-refractivity contribution in [2.45, 2.75) is 36.3 Å². The fourth-order valence-electron chi connectivity index (χ4n) is 2.43. The quantitative estimate of drug-likeness (QED) is 0.815. The number of hydrogen-bond acceptors (Lipinski definition) is 4. The summed E-state index contributed by atoms with van der Waals surface area (Å²) in [6.45, 7) is 4.11. The van der Waals surface area contributed by atoms with Crippen molar-refractivity contribution in [3.63, 3.8) is 0 Å². The molecule has 0 N–H and O–H groups in total. The van der Waals surface area contributed by atoms with Gasteiger partial charge in [0.2, 0.25) is 0 Å². The molecule has 0 spiro atoms. The number of carbonyl (C=O) groups excluding carboxylic acids is 1. The van der Waals surface area contributed by atoms with Gasteiger partial charge in [-0.15, -0.1) is 0 Å². The third-order valence-electron chi connectivity index (χ3n) is 4.02. The van der Waals surface area contributed by atoms with Crippen molar-refractivity contribution in [1.82, 2.24) is 0 Å². The van der Waals surface area contributed by atoms with E-state index in [-0.39, 0.29) is 10.5 Å². The molecule has 122 valence electrons. The van der Waals surface area contributed by atoms with E-state index in [4.69, 9.17) is 0 Å². The van der Waals surface area contributed by atoms with E-state index in [9.17, 15) is 18.3 Å². The summed E-state index contributed by atoms with van der Waals surface area (Å²) in [7, 11) is -4.06. The van der Waals surface area contributed by atoms with Gasteiger partial charge in [-0.2, -0.15) is 0 Å². The SMILES string of the molecule is CCC(C)c1ccc(S(=O)(=O)C(C(=O)[O-])c2ccccc2)cc1. The molecule has 0 saturated carbocycles. The van der Waals surface area contributed by atoms with E-state index in [2.05, 4.69) is 13.8 Å². The molecule has 0 amide bonds. The number of sulfone groups is 1. The van der Waals surface area contributed by atoms with Crippen LogP contribution >= 0.6 is 0 Å². The van der Waals surface area contributed by atoms with Crippen molar-refractivity contribution in [2.24, 2.45) is 0 Å². The van der Waals surface area contributed by atoms with Crippen LogP contribution in [0.2, 0.25) is 0 Å². The van der Waals surface area contributed by atoms with Gasteiger partial charge in [-0.25, -0.2) is 8.42 Å². The first-order valence-corrected chi connectivity index (χ1v) is 9.02. The van der Waals surface area contributed by atoms with Crippen LogP contribution < -0.4 is 5.11 Å². The molecule has 2 rings (SSSR count). The van der Waals surface area contributed by atoms with Gasteiger partial charge >= 0.3 is 0 Å². The minimum absolute atomic E-state index is 0.0115. The molecule has 0 fully saturated rings. The third-order valence-corrected chi connectivity index (χ3v) is 6.03. The zero-order chi connectivity index (χ0) is 17.0. The fourth-order valence-corrected chi connectivity index (χ4v) is 3.98. The maximum atomic E-state index is 12.7. The zero-order valence-corrected chi connectivity index (χ0v) is 13.9. The maximum absolute atomic E-state index is 12.7. The van der Waals surface area contributed by atoms with Crippen molar-refractivity contribution >= 4 is 15.8 Å². The number of rotatable bonds is 6. The number of hydrogen-bond donors (Lipinski definition) is 0. The van der Waals surface area contributed by atoms with Gasteiger partial charge in [0.05, 0.1) is 10.9 Å². The molecule has 2 aromatic rings. The van der Waals surface area contributed by atoms with Crippen molar-refractivity contribution in [2.75, 3.05) is 0 Å². The molecule has 5 heteroatoms. The molecular formula is C18H19O4S-. The molecule has 4 nitrogen and oxygen atoms in total. The van der Waals surface area contributed by atoms with Crippen LogP contribution in [0.4, 0.5) is 0 Å². The van der Waals surface area contributed by atoms with Gasteiger partial charge in [0.25, 0.3) is 0 Å². The number of aliphatic carboxylic acids is 1. The molecule has 0 aliphatic carbocycles.